The summed E-state index contributed by atoms with van der Waals surface area (Å²) in [5.41, 5.74) is 2.93. The largest absolute Gasteiger partial charge is 0.492 e. The van der Waals surface area contributed by atoms with Crippen molar-refractivity contribution in [2.24, 2.45) is 0 Å². The average molecular weight is 366 g/mol. The van der Waals surface area contributed by atoms with Crippen LogP contribution in [-0.2, 0) is 16.0 Å². The van der Waals surface area contributed by atoms with Crippen LogP contribution in [0, 0.1) is 0 Å². The van der Waals surface area contributed by atoms with Crippen molar-refractivity contribution in [3.05, 3.63) is 59.7 Å². The van der Waals surface area contributed by atoms with Gasteiger partial charge >= 0.3 is 0 Å². The third kappa shape index (κ3) is 4.48. The molecular weight excluding hydrogens is 340 g/mol. The number of ether oxygens (including phenoxy) is 1. The molecule has 0 aliphatic carbocycles. The summed E-state index contributed by atoms with van der Waals surface area (Å²) < 4.78 is 5.74. The van der Waals surface area contributed by atoms with Gasteiger partial charge in [0, 0.05) is 18.2 Å². The van der Waals surface area contributed by atoms with Crippen LogP contribution in [0.25, 0.3) is 0 Å². The second-order valence-electron chi connectivity index (χ2n) is 6.78. The molecule has 2 amide bonds. The topological polar surface area (TPSA) is 58.6 Å². The van der Waals surface area contributed by atoms with Gasteiger partial charge in [-0.2, -0.15) is 0 Å². The monoisotopic (exact) mass is 366 g/mol. The van der Waals surface area contributed by atoms with Crippen LogP contribution in [0.4, 0.5) is 5.69 Å². The Kier molecular flexibility index (Phi) is 6.12. The molecule has 0 aromatic heterocycles. The second kappa shape index (κ2) is 8.71. The van der Waals surface area contributed by atoms with Gasteiger partial charge in [-0.05, 0) is 36.6 Å². The molecule has 0 unspecified atom stereocenters. The second-order valence-corrected chi connectivity index (χ2v) is 6.78. The highest BCUT2D eigenvalue weighted by atomic mass is 16.5. The fraction of sp³-hybridized carbons (Fsp3) is 0.364. The summed E-state index contributed by atoms with van der Waals surface area (Å²) in [4.78, 5) is 26.2. The predicted octanol–water partition coefficient (Wildman–Crippen LogP) is 3.63. The van der Waals surface area contributed by atoms with Crippen molar-refractivity contribution < 1.29 is 14.3 Å². The van der Waals surface area contributed by atoms with Crippen molar-refractivity contribution in [2.45, 2.75) is 39.2 Å². The number of hydrogen-bond donors (Lipinski definition) is 1. The Morgan fingerprint density at radius 3 is 2.67 bits per heavy atom. The summed E-state index contributed by atoms with van der Waals surface area (Å²) >= 11 is 0. The van der Waals surface area contributed by atoms with Crippen LogP contribution in [0.15, 0.2) is 48.5 Å². The lowest BCUT2D eigenvalue weighted by molar-refractivity contribution is -0.126. The van der Waals surface area contributed by atoms with Crippen molar-refractivity contribution in [1.82, 2.24) is 5.32 Å². The van der Waals surface area contributed by atoms with E-state index in [1.165, 1.54) is 12.5 Å². The Morgan fingerprint density at radius 2 is 1.96 bits per heavy atom. The van der Waals surface area contributed by atoms with Crippen LogP contribution in [0.2, 0.25) is 0 Å². The zero-order valence-corrected chi connectivity index (χ0v) is 15.9. The summed E-state index contributed by atoms with van der Waals surface area (Å²) in [7, 11) is 0. The number of hydrogen-bond acceptors (Lipinski definition) is 3. The smallest absolute Gasteiger partial charge is 0.254 e. The van der Waals surface area contributed by atoms with Crippen LogP contribution >= 0.6 is 0 Å². The summed E-state index contributed by atoms with van der Waals surface area (Å²) in [6.45, 7) is 4.42. The van der Waals surface area contributed by atoms with Crippen molar-refractivity contribution >= 4 is 17.5 Å². The minimum Gasteiger partial charge on any atom is -0.492 e. The van der Waals surface area contributed by atoms with Gasteiger partial charge in [-0.3, -0.25) is 9.59 Å². The molecule has 0 saturated heterocycles. The van der Waals surface area contributed by atoms with Crippen molar-refractivity contribution in [3.8, 4) is 5.75 Å². The molecule has 0 saturated carbocycles. The molecule has 0 radical (unpaired) electrons. The maximum atomic E-state index is 12.9. The van der Waals surface area contributed by atoms with Crippen molar-refractivity contribution in [1.29, 1.82) is 0 Å². The van der Waals surface area contributed by atoms with Crippen molar-refractivity contribution in [2.75, 3.05) is 18.1 Å². The fourth-order valence-electron chi connectivity index (χ4n) is 3.37. The van der Waals surface area contributed by atoms with Gasteiger partial charge in [-0.25, -0.2) is 0 Å². The molecule has 0 fully saturated rings. The van der Waals surface area contributed by atoms with E-state index in [1.807, 2.05) is 36.4 Å². The highest BCUT2D eigenvalue weighted by Crippen LogP contribution is 2.36. The molecule has 5 nitrogen and oxygen atoms in total. The number of carbonyl (C=O) groups excluding carboxylic acids is 2. The number of nitrogens with zero attached hydrogens (tertiary/aromatic N) is 1. The normalized spacial score (nSPS) is 15.6. The number of amides is 2. The van der Waals surface area contributed by atoms with Crippen LogP contribution in [0.5, 0.6) is 5.75 Å². The highest BCUT2D eigenvalue weighted by Gasteiger charge is 2.37. The van der Waals surface area contributed by atoms with E-state index in [0.717, 1.165) is 36.3 Å². The van der Waals surface area contributed by atoms with Gasteiger partial charge in [0.25, 0.3) is 5.91 Å². The standard InChI is InChI=1S/C22H26N2O3/c1-3-4-8-17-11-12-20-19(15-17)21(23-16(2)25)22(26)24(20)13-14-27-18-9-6-5-7-10-18/h5-7,9-12,15,21H,3-4,8,13-14H2,1-2H3,(H,23,25)/t21-/m1/s1. The molecule has 1 atom stereocenters. The molecule has 3 rings (SSSR count). The van der Waals surface area contributed by atoms with Gasteiger partial charge < -0.3 is 15.0 Å². The Bertz CT molecular complexity index is 804. The molecular formula is C22H26N2O3. The number of carbonyl (C=O) groups is 2. The first kappa shape index (κ1) is 19.0. The van der Waals surface area contributed by atoms with Gasteiger partial charge in [-0.15, -0.1) is 0 Å². The SMILES string of the molecule is CCCCc1ccc2c(c1)[C@@H](NC(C)=O)C(=O)N2CCOc1ccccc1. The lowest BCUT2D eigenvalue weighted by atomic mass is 10.0. The van der Waals surface area contributed by atoms with E-state index in [9.17, 15) is 9.59 Å². The number of aryl methyl sites for hydroxylation is 1. The first-order valence-corrected chi connectivity index (χ1v) is 9.49. The fourth-order valence-corrected chi connectivity index (χ4v) is 3.37. The van der Waals surface area contributed by atoms with E-state index in [4.69, 9.17) is 4.74 Å². The van der Waals surface area contributed by atoms with E-state index < -0.39 is 6.04 Å². The molecule has 2 aromatic rings. The average Bonchev–Trinajstić information content (AvgIpc) is 2.92. The molecule has 27 heavy (non-hydrogen) atoms. The Morgan fingerprint density at radius 1 is 1.19 bits per heavy atom. The van der Waals surface area contributed by atoms with Gasteiger partial charge in [0.15, 0.2) is 0 Å². The molecule has 1 aliphatic heterocycles. The van der Waals surface area contributed by atoms with Crippen LogP contribution in [0.1, 0.15) is 43.9 Å². The number of benzene rings is 2. The maximum absolute atomic E-state index is 12.9. The third-order valence-corrected chi connectivity index (χ3v) is 4.70. The Hall–Kier alpha value is -2.82. The number of para-hydroxylation sites is 1. The zero-order chi connectivity index (χ0) is 19.2. The number of anilines is 1. The first-order valence-electron chi connectivity index (χ1n) is 9.49. The number of fused-ring (bicyclic) bond motifs is 1. The van der Waals surface area contributed by atoms with Crippen molar-refractivity contribution in [3.63, 3.8) is 0 Å². The van der Waals surface area contributed by atoms with Crippen LogP contribution < -0.4 is 15.0 Å². The summed E-state index contributed by atoms with van der Waals surface area (Å²) in [6, 6.07) is 15.0. The minimum atomic E-state index is -0.615. The Labute approximate surface area is 160 Å². The molecule has 1 heterocycles. The Balaban J connectivity index is 1.77. The molecule has 0 bridgehead atoms. The quantitative estimate of drug-likeness (QED) is 0.776. The van der Waals surface area contributed by atoms with E-state index in [1.54, 1.807) is 4.90 Å². The lowest BCUT2D eigenvalue weighted by Gasteiger charge is -2.18. The summed E-state index contributed by atoms with van der Waals surface area (Å²) in [5.74, 6) is 0.461. The van der Waals surface area contributed by atoms with Crippen LogP contribution in [0.3, 0.4) is 0 Å². The summed E-state index contributed by atoms with van der Waals surface area (Å²) in [6.07, 6.45) is 3.20. The number of nitrogens with one attached hydrogen (secondary N) is 1. The third-order valence-electron chi connectivity index (χ3n) is 4.70. The zero-order valence-electron chi connectivity index (χ0n) is 15.9. The first-order chi connectivity index (χ1) is 13.1. The van der Waals surface area contributed by atoms with Crippen LogP contribution in [-0.4, -0.2) is 25.0 Å². The minimum absolute atomic E-state index is 0.107. The number of unbranched alkanes of at least 4 members (excludes halogenated alkanes) is 1. The molecule has 5 heteroatoms. The van der Waals surface area contributed by atoms with E-state index >= 15 is 0 Å². The van der Waals surface area contributed by atoms with Gasteiger partial charge in [-0.1, -0.05) is 43.7 Å². The van der Waals surface area contributed by atoms with Gasteiger partial charge in [0.05, 0.1) is 6.54 Å². The van der Waals surface area contributed by atoms with Gasteiger partial charge in [0.1, 0.15) is 18.4 Å². The van der Waals surface area contributed by atoms with E-state index in [-0.39, 0.29) is 11.8 Å². The molecule has 1 N–H and O–H groups in total. The summed E-state index contributed by atoms with van der Waals surface area (Å²) in [5, 5.41) is 2.80. The molecule has 142 valence electrons. The number of rotatable bonds is 8. The molecule has 1 aliphatic rings. The molecule has 2 aromatic carbocycles. The van der Waals surface area contributed by atoms with E-state index in [0.29, 0.717) is 13.2 Å². The lowest BCUT2D eigenvalue weighted by Crippen LogP contribution is -2.38. The van der Waals surface area contributed by atoms with E-state index in [2.05, 4.69) is 24.4 Å². The predicted molar refractivity (Wildman–Crippen MR) is 106 cm³/mol. The van der Waals surface area contributed by atoms with Gasteiger partial charge in [0.2, 0.25) is 5.91 Å². The highest BCUT2D eigenvalue weighted by molar-refractivity contribution is 6.06. The maximum Gasteiger partial charge on any atom is 0.254 e. The molecule has 0 spiro atoms.